The predicted molar refractivity (Wildman–Crippen MR) is 76.2 cm³/mol. The van der Waals surface area contributed by atoms with Crippen molar-refractivity contribution in [2.45, 2.75) is 6.42 Å². The molecule has 8 nitrogen and oxygen atoms in total. The number of anilines is 1. The van der Waals surface area contributed by atoms with Crippen LogP contribution in [-0.4, -0.2) is 60.6 Å². The topological polar surface area (TPSA) is 88.8 Å². The zero-order valence-corrected chi connectivity index (χ0v) is 11.9. The van der Waals surface area contributed by atoms with Crippen molar-refractivity contribution in [1.29, 1.82) is 0 Å². The summed E-state index contributed by atoms with van der Waals surface area (Å²) in [4.78, 5) is 29.8. The fraction of sp³-hybridized carbons (Fsp3) is 0.538. The number of aromatic nitrogens is 1. The van der Waals surface area contributed by atoms with Crippen molar-refractivity contribution in [2.75, 3.05) is 44.7 Å². The number of carbonyl (C=O) groups excluding carboxylic acids is 1. The second kappa shape index (κ2) is 6.98. The van der Waals surface area contributed by atoms with Crippen molar-refractivity contribution >= 4 is 17.5 Å². The number of ether oxygens (including phenoxy) is 1. The van der Waals surface area contributed by atoms with Crippen LogP contribution < -0.4 is 4.90 Å². The average molecular weight is 294 g/mol. The number of hydrogen-bond donors (Lipinski definition) is 0. The van der Waals surface area contributed by atoms with Crippen molar-refractivity contribution in [3.05, 3.63) is 28.4 Å². The first-order valence-electron chi connectivity index (χ1n) is 6.74. The molecule has 0 amide bonds. The molecule has 0 radical (unpaired) electrons. The minimum atomic E-state index is -0.419. The van der Waals surface area contributed by atoms with E-state index < -0.39 is 4.92 Å². The molecule has 1 aromatic rings. The lowest BCUT2D eigenvalue weighted by Crippen LogP contribution is -2.47. The zero-order valence-electron chi connectivity index (χ0n) is 11.9. The largest absolute Gasteiger partial charge is 0.469 e. The van der Waals surface area contributed by atoms with E-state index in [-0.39, 0.29) is 11.7 Å². The fourth-order valence-electron chi connectivity index (χ4n) is 2.25. The van der Waals surface area contributed by atoms with E-state index in [2.05, 4.69) is 14.6 Å². The summed E-state index contributed by atoms with van der Waals surface area (Å²) in [5.41, 5.74) is 0.0492. The van der Waals surface area contributed by atoms with Gasteiger partial charge in [0.25, 0.3) is 5.69 Å². The highest BCUT2D eigenvalue weighted by Crippen LogP contribution is 2.19. The van der Waals surface area contributed by atoms with E-state index in [1.165, 1.54) is 25.4 Å². The number of nitro groups is 1. The Balaban J connectivity index is 1.87. The third kappa shape index (κ3) is 4.12. The number of carbonyl (C=O) groups is 1. The van der Waals surface area contributed by atoms with E-state index in [0.29, 0.717) is 18.8 Å². The summed E-state index contributed by atoms with van der Waals surface area (Å²) in [7, 11) is 1.38. The highest BCUT2D eigenvalue weighted by atomic mass is 16.6. The average Bonchev–Trinajstić information content (AvgIpc) is 2.53. The molecule has 0 aliphatic carbocycles. The summed E-state index contributed by atoms with van der Waals surface area (Å²) >= 11 is 0. The van der Waals surface area contributed by atoms with Gasteiger partial charge in [0.15, 0.2) is 0 Å². The molecule has 114 valence electrons. The molecule has 2 heterocycles. The molecule has 8 heteroatoms. The molecule has 2 rings (SSSR count). The standard InChI is InChI=1S/C13H18N4O4/c1-21-13(18)3-5-15-6-8-16(9-7-15)12-10-11(17(19)20)2-4-14-12/h2,4,10H,3,5-9H2,1H3. The molecule has 1 fully saturated rings. The number of esters is 1. The molecular weight excluding hydrogens is 276 g/mol. The quantitative estimate of drug-likeness (QED) is 0.448. The van der Waals surface area contributed by atoms with E-state index in [1.54, 1.807) is 0 Å². The Morgan fingerprint density at radius 1 is 1.43 bits per heavy atom. The van der Waals surface area contributed by atoms with E-state index in [9.17, 15) is 14.9 Å². The van der Waals surface area contributed by atoms with Crippen LogP contribution in [0.4, 0.5) is 11.5 Å². The lowest BCUT2D eigenvalue weighted by Gasteiger charge is -2.35. The molecule has 21 heavy (non-hydrogen) atoms. The first kappa shape index (κ1) is 15.2. The Labute approximate surface area is 122 Å². The van der Waals surface area contributed by atoms with Gasteiger partial charge in [0.2, 0.25) is 0 Å². The Morgan fingerprint density at radius 2 is 2.14 bits per heavy atom. The maximum atomic E-state index is 11.1. The van der Waals surface area contributed by atoms with Gasteiger partial charge in [-0.25, -0.2) is 4.98 Å². The van der Waals surface area contributed by atoms with E-state index in [0.717, 1.165) is 26.2 Å². The van der Waals surface area contributed by atoms with E-state index in [4.69, 9.17) is 0 Å². The van der Waals surface area contributed by atoms with Gasteiger partial charge in [-0.3, -0.25) is 19.8 Å². The van der Waals surface area contributed by atoms with E-state index in [1.807, 2.05) is 4.90 Å². The number of hydrogen-bond acceptors (Lipinski definition) is 7. The normalized spacial score (nSPS) is 15.8. The van der Waals surface area contributed by atoms with Crippen molar-refractivity contribution in [3.8, 4) is 0 Å². The van der Waals surface area contributed by atoms with Gasteiger partial charge in [0.05, 0.1) is 24.5 Å². The molecule has 1 saturated heterocycles. The summed E-state index contributed by atoms with van der Waals surface area (Å²) in [6.45, 7) is 3.72. The fourth-order valence-corrected chi connectivity index (χ4v) is 2.25. The summed E-state index contributed by atoms with van der Waals surface area (Å²) in [6.07, 6.45) is 1.84. The van der Waals surface area contributed by atoms with Crippen molar-refractivity contribution < 1.29 is 14.5 Å². The summed E-state index contributed by atoms with van der Waals surface area (Å²) in [6, 6.07) is 2.88. The number of pyridine rings is 1. The van der Waals surface area contributed by atoms with Gasteiger partial charge in [-0.2, -0.15) is 0 Å². The molecule has 0 saturated carbocycles. The molecule has 0 bridgehead atoms. The molecular formula is C13H18N4O4. The van der Waals surface area contributed by atoms with Crippen LogP contribution in [0.5, 0.6) is 0 Å². The summed E-state index contributed by atoms with van der Waals surface area (Å²) in [5, 5.41) is 10.8. The minimum absolute atomic E-state index is 0.0492. The van der Waals surface area contributed by atoms with Crippen LogP contribution in [-0.2, 0) is 9.53 Å². The monoisotopic (exact) mass is 294 g/mol. The molecule has 0 aromatic carbocycles. The Kier molecular flexibility index (Phi) is 5.04. The summed E-state index contributed by atoms with van der Waals surface area (Å²) < 4.78 is 4.62. The third-order valence-corrected chi connectivity index (χ3v) is 3.50. The molecule has 0 spiro atoms. The SMILES string of the molecule is COC(=O)CCN1CCN(c2cc([N+](=O)[O-])ccn2)CC1. The van der Waals surface area contributed by atoms with Crippen LogP contribution >= 0.6 is 0 Å². The second-order valence-electron chi connectivity index (χ2n) is 4.78. The number of nitrogens with zero attached hydrogens (tertiary/aromatic N) is 4. The maximum absolute atomic E-state index is 11.1. The van der Waals surface area contributed by atoms with Gasteiger partial charge in [0, 0.05) is 45.0 Å². The van der Waals surface area contributed by atoms with Crippen LogP contribution in [0.1, 0.15) is 6.42 Å². The Morgan fingerprint density at radius 3 is 2.76 bits per heavy atom. The van der Waals surface area contributed by atoms with Crippen LogP contribution in [0.15, 0.2) is 18.3 Å². The Bertz CT molecular complexity index is 515. The number of piperazine rings is 1. The van der Waals surface area contributed by atoms with E-state index >= 15 is 0 Å². The highest BCUT2D eigenvalue weighted by molar-refractivity contribution is 5.69. The van der Waals surface area contributed by atoms with Crippen LogP contribution in [0.25, 0.3) is 0 Å². The van der Waals surface area contributed by atoms with Crippen LogP contribution in [0.2, 0.25) is 0 Å². The zero-order chi connectivity index (χ0) is 15.2. The lowest BCUT2D eigenvalue weighted by atomic mass is 10.2. The van der Waals surface area contributed by atoms with Crippen LogP contribution in [0.3, 0.4) is 0 Å². The first-order chi connectivity index (χ1) is 10.1. The lowest BCUT2D eigenvalue weighted by molar-refractivity contribution is -0.384. The smallest absolute Gasteiger partial charge is 0.306 e. The molecule has 0 atom stereocenters. The van der Waals surface area contributed by atoms with Gasteiger partial charge < -0.3 is 9.64 Å². The van der Waals surface area contributed by atoms with Crippen molar-refractivity contribution in [1.82, 2.24) is 9.88 Å². The second-order valence-corrected chi connectivity index (χ2v) is 4.78. The summed E-state index contributed by atoms with van der Waals surface area (Å²) in [5.74, 6) is 0.412. The predicted octanol–water partition coefficient (Wildman–Crippen LogP) is 0.675. The molecule has 0 N–H and O–H groups in total. The van der Waals surface area contributed by atoms with Gasteiger partial charge in [0.1, 0.15) is 5.82 Å². The molecule has 1 aliphatic heterocycles. The number of rotatable bonds is 5. The maximum Gasteiger partial charge on any atom is 0.306 e. The molecule has 1 aromatic heterocycles. The van der Waals surface area contributed by atoms with Crippen LogP contribution in [0, 0.1) is 10.1 Å². The highest BCUT2D eigenvalue weighted by Gasteiger charge is 2.20. The molecule has 1 aliphatic rings. The van der Waals surface area contributed by atoms with Crippen molar-refractivity contribution in [2.24, 2.45) is 0 Å². The van der Waals surface area contributed by atoms with Gasteiger partial charge in [-0.15, -0.1) is 0 Å². The minimum Gasteiger partial charge on any atom is -0.469 e. The van der Waals surface area contributed by atoms with Gasteiger partial charge in [-0.1, -0.05) is 0 Å². The third-order valence-electron chi connectivity index (χ3n) is 3.50. The van der Waals surface area contributed by atoms with Crippen molar-refractivity contribution in [3.63, 3.8) is 0 Å². The molecule has 0 unspecified atom stereocenters. The first-order valence-corrected chi connectivity index (χ1v) is 6.74. The van der Waals surface area contributed by atoms with Gasteiger partial charge in [-0.05, 0) is 0 Å². The van der Waals surface area contributed by atoms with Gasteiger partial charge >= 0.3 is 5.97 Å². The number of methoxy groups -OCH3 is 1. The Hall–Kier alpha value is -2.22.